The van der Waals surface area contributed by atoms with Gasteiger partial charge in [0, 0.05) is 29.0 Å². The third kappa shape index (κ3) is 2.74. The van der Waals surface area contributed by atoms with Gasteiger partial charge in [0.05, 0.1) is 5.69 Å². The first-order chi connectivity index (χ1) is 8.20. The molecule has 0 aliphatic rings. The molecule has 4 heteroatoms. The summed E-state index contributed by atoms with van der Waals surface area (Å²) in [6, 6.07) is 8.24. The number of aromatic nitrogens is 1. The number of halogens is 2. The lowest BCUT2D eigenvalue weighted by Gasteiger charge is -2.06. The standard InChI is InChI=1S/C13H12ClFN2/c1-2-16-10-5-6-17-13(8-10)11-4-3-9(14)7-12(11)15/h3-8H,2H2,1H3,(H,16,17). The summed E-state index contributed by atoms with van der Waals surface area (Å²) in [5.41, 5.74) is 1.97. The molecule has 1 heterocycles. The lowest BCUT2D eigenvalue weighted by atomic mass is 10.1. The Hall–Kier alpha value is -1.61. The van der Waals surface area contributed by atoms with Crippen LogP contribution in [0.15, 0.2) is 36.5 Å². The van der Waals surface area contributed by atoms with Crippen LogP contribution in [0.2, 0.25) is 5.02 Å². The van der Waals surface area contributed by atoms with Gasteiger partial charge in [-0.05, 0) is 37.3 Å². The van der Waals surface area contributed by atoms with E-state index in [-0.39, 0.29) is 5.82 Å². The van der Waals surface area contributed by atoms with Crippen molar-refractivity contribution in [2.24, 2.45) is 0 Å². The van der Waals surface area contributed by atoms with E-state index in [1.807, 2.05) is 19.1 Å². The molecule has 88 valence electrons. The summed E-state index contributed by atoms with van der Waals surface area (Å²) in [5, 5.41) is 3.54. The quantitative estimate of drug-likeness (QED) is 0.892. The van der Waals surface area contributed by atoms with Gasteiger partial charge in [0.25, 0.3) is 0 Å². The van der Waals surface area contributed by atoms with E-state index in [1.54, 1.807) is 18.3 Å². The fourth-order valence-electron chi connectivity index (χ4n) is 1.59. The van der Waals surface area contributed by atoms with Crippen molar-refractivity contribution in [1.82, 2.24) is 4.98 Å². The van der Waals surface area contributed by atoms with Crippen LogP contribution in [-0.4, -0.2) is 11.5 Å². The molecule has 0 saturated carbocycles. The van der Waals surface area contributed by atoms with E-state index < -0.39 is 0 Å². The van der Waals surface area contributed by atoms with Crippen LogP contribution in [0.1, 0.15) is 6.92 Å². The van der Waals surface area contributed by atoms with E-state index in [9.17, 15) is 4.39 Å². The average Bonchev–Trinajstić information content (AvgIpc) is 2.29. The predicted octanol–water partition coefficient (Wildman–Crippen LogP) is 3.97. The molecule has 17 heavy (non-hydrogen) atoms. The molecule has 0 radical (unpaired) electrons. The molecule has 0 saturated heterocycles. The van der Waals surface area contributed by atoms with Crippen LogP contribution in [0.5, 0.6) is 0 Å². The van der Waals surface area contributed by atoms with E-state index in [0.717, 1.165) is 12.2 Å². The minimum Gasteiger partial charge on any atom is -0.385 e. The Labute approximate surface area is 104 Å². The normalized spacial score (nSPS) is 10.3. The molecule has 0 unspecified atom stereocenters. The Bertz CT molecular complexity index is 529. The Balaban J connectivity index is 2.42. The van der Waals surface area contributed by atoms with Crippen molar-refractivity contribution >= 4 is 17.3 Å². The molecule has 0 fully saturated rings. The van der Waals surface area contributed by atoms with E-state index >= 15 is 0 Å². The SMILES string of the molecule is CCNc1ccnc(-c2ccc(Cl)cc2F)c1. The molecule has 1 N–H and O–H groups in total. The van der Waals surface area contributed by atoms with Gasteiger partial charge in [-0.3, -0.25) is 4.98 Å². The molecule has 0 atom stereocenters. The first kappa shape index (κ1) is 11.9. The molecule has 1 aromatic carbocycles. The Morgan fingerprint density at radius 1 is 1.29 bits per heavy atom. The molecule has 2 rings (SSSR count). The van der Waals surface area contributed by atoms with Crippen molar-refractivity contribution in [2.45, 2.75) is 6.92 Å². The topological polar surface area (TPSA) is 24.9 Å². The molecule has 2 nitrogen and oxygen atoms in total. The van der Waals surface area contributed by atoms with Gasteiger partial charge >= 0.3 is 0 Å². The molecule has 1 aromatic heterocycles. The second kappa shape index (κ2) is 5.15. The average molecular weight is 251 g/mol. The highest BCUT2D eigenvalue weighted by molar-refractivity contribution is 6.30. The lowest BCUT2D eigenvalue weighted by molar-refractivity contribution is 0.631. The summed E-state index contributed by atoms with van der Waals surface area (Å²) in [6.45, 7) is 2.82. The Kier molecular flexibility index (Phi) is 3.59. The lowest BCUT2D eigenvalue weighted by Crippen LogP contribution is -1.97. The van der Waals surface area contributed by atoms with Crippen LogP contribution in [0, 0.1) is 5.82 Å². The van der Waals surface area contributed by atoms with Crippen molar-refractivity contribution in [3.05, 3.63) is 47.4 Å². The van der Waals surface area contributed by atoms with Crippen LogP contribution in [0.25, 0.3) is 11.3 Å². The maximum absolute atomic E-state index is 13.7. The molecule has 2 aromatic rings. The summed E-state index contributed by atoms with van der Waals surface area (Å²) < 4.78 is 13.7. The largest absolute Gasteiger partial charge is 0.385 e. The van der Waals surface area contributed by atoms with Gasteiger partial charge in [0.2, 0.25) is 0 Å². The summed E-state index contributed by atoms with van der Waals surface area (Å²) >= 11 is 5.71. The zero-order chi connectivity index (χ0) is 12.3. The minimum atomic E-state index is -0.362. The van der Waals surface area contributed by atoms with Crippen molar-refractivity contribution in [1.29, 1.82) is 0 Å². The summed E-state index contributed by atoms with van der Waals surface area (Å²) in [7, 11) is 0. The van der Waals surface area contributed by atoms with Gasteiger partial charge in [-0.1, -0.05) is 11.6 Å². The number of anilines is 1. The van der Waals surface area contributed by atoms with Crippen LogP contribution < -0.4 is 5.32 Å². The minimum absolute atomic E-state index is 0.362. The van der Waals surface area contributed by atoms with Crippen molar-refractivity contribution in [3.63, 3.8) is 0 Å². The molecule has 0 aliphatic carbocycles. The van der Waals surface area contributed by atoms with Crippen LogP contribution >= 0.6 is 11.6 Å². The van der Waals surface area contributed by atoms with Crippen molar-refractivity contribution in [2.75, 3.05) is 11.9 Å². The first-order valence-corrected chi connectivity index (χ1v) is 5.74. The zero-order valence-electron chi connectivity index (χ0n) is 9.37. The van der Waals surface area contributed by atoms with Gasteiger partial charge in [0.15, 0.2) is 0 Å². The van der Waals surface area contributed by atoms with Crippen molar-refractivity contribution < 1.29 is 4.39 Å². The summed E-state index contributed by atoms with van der Waals surface area (Å²) in [6.07, 6.45) is 1.65. The second-order valence-corrected chi connectivity index (χ2v) is 4.02. The van der Waals surface area contributed by atoms with E-state index in [2.05, 4.69) is 10.3 Å². The molecular formula is C13H12ClFN2. The number of nitrogens with zero attached hydrogens (tertiary/aromatic N) is 1. The smallest absolute Gasteiger partial charge is 0.134 e. The van der Waals surface area contributed by atoms with Crippen LogP contribution in [0.3, 0.4) is 0 Å². The fraction of sp³-hybridized carbons (Fsp3) is 0.154. The zero-order valence-corrected chi connectivity index (χ0v) is 10.1. The highest BCUT2D eigenvalue weighted by Crippen LogP contribution is 2.25. The molecule has 0 spiro atoms. The number of nitrogens with one attached hydrogen (secondary N) is 1. The fourth-order valence-corrected chi connectivity index (χ4v) is 1.75. The predicted molar refractivity (Wildman–Crippen MR) is 68.8 cm³/mol. The van der Waals surface area contributed by atoms with Crippen LogP contribution in [-0.2, 0) is 0 Å². The third-order valence-corrected chi connectivity index (χ3v) is 2.58. The van der Waals surface area contributed by atoms with E-state index in [1.165, 1.54) is 6.07 Å². The maximum atomic E-state index is 13.7. The monoisotopic (exact) mass is 250 g/mol. The highest BCUT2D eigenvalue weighted by Gasteiger charge is 2.07. The number of pyridine rings is 1. The number of benzene rings is 1. The van der Waals surface area contributed by atoms with Gasteiger partial charge in [-0.2, -0.15) is 0 Å². The molecule has 0 bridgehead atoms. The van der Waals surface area contributed by atoms with Gasteiger partial charge in [0.1, 0.15) is 5.82 Å². The first-order valence-electron chi connectivity index (χ1n) is 5.36. The summed E-state index contributed by atoms with van der Waals surface area (Å²) in [5.74, 6) is -0.362. The number of hydrogen-bond donors (Lipinski definition) is 1. The Morgan fingerprint density at radius 2 is 2.12 bits per heavy atom. The maximum Gasteiger partial charge on any atom is 0.134 e. The van der Waals surface area contributed by atoms with Crippen LogP contribution in [0.4, 0.5) is 10.1 Å². The van der Waals surface area contributed by atoms with E-state index in [4.69, 9.17) is 11.6 Å². The van der Waals surface area contributed by atoms with Gasteiger partial charge < -0.3 is 5.32 Å². The summed E-state index contributed by atoms with van der Waals surface area (Å²) in [4.78, 5) is 4.16. The van der Waals surface area contributed by atoms with Gasteiger partial charge in [-0.25, -0.2) is 4.39 Å². The highest BCUT2D eigenvalue weighted by atomic mass is 35.5. The van der Waals surface area contributed by atoms with Crippen molar-refractivity contribution in [3.8, 4) is 11.3 Å². The number of hydrogen-bond acceptors (Lipinski definition) is 2. The molecule has 0 amide bonds. The second-order valence-electron chi connectivity index (χ2n) is 3.58. The Morgan fingerprint density at radius 3 is 2.82 bits per heavy atom. The molecule has 0 aliphatic heterocycles. The number of rotatable bonds is 3. The van der Waals surface area contributed by atoms with Gasteiger partial charge in [-0.15, -0.1) is 0 Å². The third-order valence-electron chi connectivity index (χ3n) is 2.35. The van der Waals surface area contributed by atoms with E-state index in [0.29, 0.717) is 16.3 Å². The molecular weight excluding hydrogens is 239 g/mol.